The third-order valence-corrected chi connectivity index (χ3v) is 6.77. The van der Waals surface area contributed by atoms with E-state index in [4.69, 9.17) is 11.6 Å². The van der Waals surface area contributed by atoms with Crippen LogP contribution in [0.2, 0.25) is 5.02 Å². The third-order valence-electron chi connectivity index (χ3n) is 6.36. The second kappa shape index (κ2) is 9.65. The zero-order valence-corrected chi connectivity index (χ0v) is 19.6. The van der Waals surface area contributed by atoms with Gasteiger partial charge in [-0.1, -0.05) is 128 Å². The molecule has 0 aromatic heterocycles. The summed E-state index contributed by atoms with van der Waals surface area (Å²) in [5, 5.41) is 3.05. The van der Waals surface area contributed by atoms with Crippen LogP contribution in [0.5, 0.6) is 0 Å². The Kier molecular flexibility index (Phi) is 6.28. The fourth-order valence-corrected chi connectivity index (χ4v) is 4.76. The fourth-order valence-electron chi connectivity index (χ4n) is 4.41. The normalized spacial score (nSPS) is 11.1. The van der Waals surface area contributed by atoms with Gasteiger partial charge in [-0.3, -0.25) is 0 Å². The lowest BCUT2D eigenvalue weighted by molar-refractivity contribution is 0.795. The molecule has 0 aliphatic rings. The molecule has 0 unspecified atom stereocenters. The average molecular weight is 447 g/mol. The van der Waals surface area contributed by atoms with Crippen molar-refractivity contribution >= 4 is 22.4 Å². The van der Waals surface area contributed by atoms with E-state index in [2.05, 4.69) is 97.9 Å². The van der Waals surface area contributed by atoms with Gasteiger partial charge in [0.15, 0.2) is 0 Å². The van der Waals surface area contributed by atoms with Crippen molar-refractivity contribution in [1.82, 2.24) is 0 Å². The van der Waals surface area contributed by atoms with Crippen LogP contribution >= 0.6 is 11.6 Å². The quantitative estimate of drug-likeness (QED) is 0.243. The lowest BCUT2D eigenvalue weighted by Crippen LogP contribution is -1.86. The maximum absolute atomic E-state index is 6.80. The van der Waals surface area contributed by atoms with Gasteiger partial charge in [0, 0.05) is 10.9 Å². The number of unbranched alkanes of at least 4 members (excludes halogenated alkanes) is 1. The van der Waals surface area contributed by atoms with Crippen molar-refractivity contribution in [3.63, 3.8) is 0 Å². The lowest BCUT2D eigenvalue weighted by atomic mass is 9.96. The first-order valence-corrected chi connectivity index (χ1v) is 12.1. The van der Waals surface area contributed by atoms with Gasteiger partial charge in [0.05, 0.1) is 5.02 Å². The predicted octanol–water partition coefficient (Wildman–Crippen LogP) is 9.84. The average Bonchev–Trinajstić information content (AvgIpc) is 2.88. The summed E-state index contributed by atoms with van der Waals surface area (Å²) in [6.45, 7) is 2.24. The molecule has 162 valence electrons. The van der Waals surface area contributed by atoms with Gasteiger partial charge in [-0.2, -0.15) is 0 Å². The minimum absolute atomic E-state index is 0.808. The molecule has 0 aliphatic heterocycles. The van der Waals surface area contributed by atoms with Gasteiger partial charge in [0.1, 0.15) is 0 Å². The summed E-state index contributed by atoms with van der Waals surface area (Å²) in [7, 11) is 0. The van der Waals surface area contributed by atoms with Gasteiger partial charge in [-0.25, -0.2) is 0 Å². The summed E-state index contributed by atoms with van der Waals surface area (Å²) in [6.07, 6.45) is 3.64. The van der Waals surface area contributed by atoms with Crippen molar-refractivity contribution in [3.8, 4) is 33.4 Å². The van der Waals surface area contributed by atoms with Gasteiger partial charge >= 0.3 is 0 Å². The monoisotopic (exact) mass is 446 g/mol. The SMILES string of the molecule is CCCCc1ccc(-c2ccc(-c3ccc4c(Cl)c(-c5ccccc5)ccc4c3)cc2)cc1. The van der Waals surface area contributed by atoms with Crippen LogP contribution in [0.15, 0.2) is 109 Å². The maximum Gasteiger partial charge on any atom is 0.0562 e. The van der Waals surface area contributed by atoms with E-state index >= 15 is 0 Å². The largest absolute Gasteiger partial charge is 0.0830 e. The van der Waals surface area contributed by atoms with Crippen LogP contribution in [-0.2, 0) is 6.42 Å². The number of rotatable bonds is 6. The zero-order chi connectivity index (χ0) is 22.6. The van der Waals surface area contributed by atoms with Crippen LogP contribution < -0.4 is 0 Å². The summed E-state index contributed by atoms with van der Waals surface area (Å²) in [4.78, 5) is 0. The number of hydrogen-bond acceptors (Lipinski definition) is 0. The molecule has 0 saturated carbocycles. The molecule has 33 heavy (non-hydrogen) atoms. The van der Waals surface area contributed by atoms with E-state index in [9.17, 15) is 0 Å². The summed E-state index contributed by atoms with van der Waals surface area (Å²) >= 11 is 6.80. The molecule has 0 radical (unpaired) electrons. The van der Waals surface area contributed by atoms with E-state index in [0.717, 1.165) is 33.3 Å². The molecule has 0 aliphatic carbocycles. The Morgan fingerprint density at radius 2 is 1.18 bits per heavy atom. The first-order valence-electron chi connectivity index (χ1n) is 11.7. The van der Waals surface area contributed by atoms with Crippen LogP contribution in [-0.4, -0.2) is 0 Å². The lowest BCUT2D eigenvalue weighted by Gasteiger charge is -2.11. The Hall–Kier alpha value is -3.35. The molecule has 0 atom stereocenters. The zero-order valence-electron chi connectivity index (χ0n) is 18.9. The first-order chi connectivity index (χ1) is 16.2. The Morgan fingerprint density at radius 1 is 0.576 bits per heavy atom. The molecule has 0 fully saturated rings. The molecular formula is C32H27Cl. The summed E-state index contributed by atoms with van der Waals surface area (Å²) in [5.74, 6) is 0. The number of hydrogen-bond donors (Lipinski definition) is 0. The smallest absolute Gasteiger partial charge is 0.0562 e. The van der Waals surface area contributed by atoms with Crippen LogP contribution in [0, 0.1) is 0 Å². The number of aryl methyl sites for hydroxylation is 1. The highest BCUT2D eigenvalue weighted by atomic mass is 35.5. The molecule has 5 aromatic rings. The Balaban J connectivity index is 1.41. The number of halogens is 1. The second-order valence-corrected chi connectivity index (χ2v) is 8.98. The van der Waals surface area contributed by atoms with Crippen molar-refractivity contribution in [3.05, 3.63) is 120 Å². The molecule has 0 spiro atoms. The van der Waals surface area contributed by atoms with E-state index in [1.54, 1.807) is 0 Å². The fraction of sp³-hybridized carbons (Fsp3) is 0.125. The highest BCUT2D eigenvalue weighted by molar-refractivity contribution is 6.38. The van der Waals surface area contributed by atoms with Gasteiger partial charge < -0.3 is 0 Å². The third kappa shape index (κ3) is 4.58. The second-order valence-electron chi connectivity index (χ2n) is 8.61. The van der Waals surface area contributed by atoms with Crippen molar-refractivity contribution in [2.45, 2.75) is 26.2 Å². The standard InChI is InChI=1S/C32H27Cl/c1-2-3-7-23-10-12-24(13-11-23)25-14-16-26(17-15-25)28-18-20-31-29(22-28)19-21-30(32(31)33)27-8-5-4-6-9-27/h4-6,8-22H,2-3,7H2,1H3. The van der Waals surface area contributed by atoms with Crippen molar-refractivity contribution < 1.29 is 0 Å². The van der Waals surface area contributed by atoms with E-state index in [0.29, 0.717) is 0 Å². The minimum atomic E-state index is 0.808. The summed E-state index contributed by atoms with van der Waals surface area (Å²) < 4.78 is 0. The molecule has 5 aromatic carbocycles. The van der Waals surface area contributed by atoms with Gasteiger partial charge in [0.25, 0.3) is 0 Å². The van der Waals surface area contributed by atoms with Crippen molar-refractivity contribution in [2.75, 3.05) is 0 Å². The van der Waals surface area contributed by atoms with E-state index < -0.39 is 0 Å². The Morgan fingerprint density at radius 3 is 1.85 bits per heavy atom. The summed E-state index contributed by atoms with van der Waals surface area (Å²) in [6, 6.07) is 39.0. The Labute approximate surface area is 201 Å². The minimum Gasteiger partial charge on any atom is -0.0830 e. The molecule has 0 amide bonds. The summed E-state index contributed by atoms with van der Waals surface area (Å²) in [5.41, 5.74) is 8.56. The molecule has 0 heterocycles. The Bertz CT molecular complexity index is 1360. The molecule has 5 rings (SSSR count). The van der Waals surface area contributed by atoms with Crippen molar-refractivity contribution in [1.29, 1.82) is 0 Å². The van der Waals surface area contributed by atoms with Crippen LogP contribution in [0.3, 0.4) is 0 Å². The van der Waals surface area contributed by atoms with Gasteiger partial charge in [-0.05, 0) is 57.7 Å². The van der Waals surface area contributed by atoms with E-state index in [1.165, 1.54) is 40.7 Å². The van der Waals surface area contributed by atoms with Crippen molar-refractivity contribution in [2.24, 2.45) is 0 Å². The highest BCUT2D eigenvalue weighted by Gasteiger charge is 2.09. The van der Waals surface area contributed by atoms with Crippen LogP contribution in [0.25, 0.3) is 44.2 Å². The van der Waals surface area contributed by atoms with Gasteiger partial charge in [0.2, 0.25) is 0 Å². The molecule has 1 heteroatoms. The molecule has 0 bridgehead atoms. The maximum atomic E-state index is 6.80. The molecule has 0 N–H and O–H groups in total. The van der Waals surface area contributed by atoms with E-state index in [-0.39, 0.29) is 0 Å². The van der Waals surface area contributed by atoms with Crippen LogP contribution in [0.1, 0.15) is 25.3 Å². The predicted molar refractivity (Wildman–Crippen MR) is 144 cm³/mol. The van der Waals surface area contributed by atoms with Gasteiger partial charge in [-0.15, -0.1) is 0 Å². The molecule has 0 nitrogen and oxygen atoms in total. The number of fused-ring (bicyclic) bond motifs is 1. The topological polar surface area (TPSA) is 0 Å². The molecular weight excluding hydrogens is 420 g/mol. The first kappa shape index (κ1) is 21.5. The van der Waals surface area contributed by atoms with E-state index in [1.807, 2.05) is 18.2 Å². The number of benzene rings is 5. The van der Waals surface area contributed by atoms with Crippen LogP contribution in [0.4, 0.5) is 0 Å². The highest BCUT2D eigenvalue weighted by Crippen LogP contribution is 2.36. The molecule has 0 saturated heterocycles.